The van der Waals surface area contributed by atoms with E-state index in [0.717, 1.165) is 36.3 Å². The summed E-state index contributed by atoms with van der Waals surface area (Å²) in [5.41, 5.74) is 2.37. The summed E-state index contributed by atoms with van der Waals surface area (Å²) < 4.78 is 5.90. The fraction of sp³-hybridized carbons (Fsp3) is 0.211. The van der Waals surface area contributed by atoms with E-state index in [9.17, 15) is 0 Å². The summed E-state index contributed by atoms with van der Waals surface area (Å²) in [6.07, 6.45) is 1.81. The Balaban J connectivity index is 1.33. The lowest BCUT2D eigenvalue weighted by Gasteiger charge is -2.07. The number of hydrogen-bond acceptors (Lipinski definition) is 3. The average Bonchev–Trinajstić information content (AvgIpc) is 3.31. The molecular weight excluding hydrogens is 272 g/mol. The van der Waals surface area contributed by atoms with Crippen LogP contribution in [0, 0.1) is 0 Å². The molecule has 22 heavy (non-hydrogen) atoms. The van der Waals surface area contributed by atoms with Crippen molar-refractivity contribution in [2.24, 2.45) is 0 Å². The molecule has 0 radical (unpaired) electrons. The Morgan fingerprint density at radius 2 is 1.86 bits per heavy atom. The van der Waals surface area contributed by atoms with Gasteiger partial charge in [0.1, 0.15) is 12.4 Å². The largest absolute Gasteiger partial charge is 0.490 e. The van der Waals surface area contributed by atoms with Crippen molar-refractivity contribution >= 4 is 10.9 Å². The Hall–Kier alpha value is -2.39. The highest BCUT2D eigenvalue weighted by Crippen LogP contribution is 2.23. The van der Waals surface area contributed by atoms with Crippen LogP contribution in [0.3, 0.4) is 0 Å². The second-order valence-electron chi connectivity index (χ2n) is 5.74. The molecule has 1 fully saturated rings. The lowest BCUT2D eigenvalue weighted by molar-refractivity contribution is 0.292. The predicted molar refractivity (Wildman–Crippen MR) is 87.9 cm³/mol. The van der Waals surface area contributed by atoms with Crippen molar-refractivity contribution in [3.63, 3.8) is 0 Å². The molecule has 110 valence electrons. The van der Waals surface area contributed by atoms with E-state index in [1.807, 2.05) is 24.4 Å². The van der Waals surface area contributed by atoms with Gasteiger partial charge in [0.15, 0.2) is 0 Å². The third-order valence-corrected chi connectivity index (χ3v) is 4.06. The van der Waals surface area contributed by atoms with Crippen molar-refractivity contribution in [2.75, 3.05) is 13.2 Å². The summed E-state index contributed by atoms with van der Waals surface area (Å²) in [5.74, 6) is 0.852. The molecule has 4 rings (SSSR count). The van der Waals surface area contributed by atoms with Gasteiger partial charge in [-0.2, -0.15) is 0 Å². The maximum atomic E-state index is 5.90. The Morgan fingerprint density at radius 1 is 1.05 bits per heavy atom. The first kappa shape index (κ1) is 13.3. The Kier molecular flexibility index (Phi) is 3.49. The number of benzene rings is 2. The third kappa shape index (κ3) is 2.95. The van der Waals surface area contributed by atoms with E-state index in [4.69, 9.17) is 4.74 Å². The molecule has 2 unspecified atom stereocenters. The van der Waals surface area contributed by atoms with Gasteiger partial charge >= 0.3 is 0 Å². The van der Waals surface area contributed by atoms with Gasteiger partial charge in [0.05, 0.1) is 17.8 Å². The van der Waals surface area contributed by atoms with Gasteiger partial charge in [-0.3, -0.25) is 9.88 Å². The molecule has 0 spiro atoms. The summed E-state index contributed by atoms with van der Waals surface area (Å²) >= 11 is 0. The van der Waals surface area contributed by atoms with E-state index >= 15 is 0 Å². The van der Waals surface area contributed by atoms with Crippen molar-refractivity contribution in [1.82, 2.24) is 9.88 Å². The molecule has 2 atom stereocenters. The minimum absolute atomic E-state index is 0.520. The number of rotatable bonds is 5. The number of pyridine rings is 1. The predicted octanol–water partition coefficient (Wildman–Crippen LogP) is 3.50. The normalized spacial score (nSPS) is 20.0. The van der Waals surface area contributed by atoms with Crippen LogP contribution in [-0.4, -0.2) is 29.1 Å². The number of fused-ring (bicyclic) bond motifs is 1. The van der Waals surface area contributed by atoms with Gasteiger partial charge in [0.2, 0.25) is 0 Å². The van der Waals surface area contributed by atoms with Crippen molar-refractivity contribution in [3.05, 3.63) is 72.4 Å². The highest BCUT2D eigenvalue weighted by Gasteiger charge is 2.34. The first-order valence-electron chi connectivity index (χ1n) is 7.64. The minimum Gasteiger partial charge on any atom is -0.490 e. The number of aromatic nitrogens is 1. The first-order valence-corrected chi connectivity index (χ1v) is 7.64. The van der Waals surface area contributed by atoms with Crippen LogP contribution in [0.4, 0.5) is 0 Å². The van der Waals surface area contributed by atoms with Crippen LogP contribution in [-0.2, 0) is 6.54 Å². The van der Waals surface area contributed by atoms with Crippen LogP contribution in [0.2, 0.25) is 0 Å². The molecule has 1 aliphatic rings. The van der Waals surface area contributed by atoms with Crippen molar-refractivity contribution in [2.45, 2.75) is 12.6 Å². The molecule has 0 bridgehead atoms. The molecule has 0 aliphatic carbocycles. The standard InChI is InChI=1S/C19H18N2O/c1-2-6-15(7-3-1)12-21-13-17(21)14-22-18-10-16-8-4-5-9-19(16)20-11-18/h1-11,17H,12-14H2. The van der Waals surface area contributed by atoms with Gasteiger partial charge in [-0.1, -0.05) is 48.5 Å². The monoisotopic (exact) mass is 290 g/mol. The molecular formula is C19H18N2O. The Bertz CT molecular complexity index is 773. The molecule has 3 aromatic rings. The van der Waals surface area contributed by atoms with Crippen LogP contribution in [0.1, 0.15) is 5.56 Å². The molecule has 1 saturated heterocycles. The fourth-order valence-corrected chi connectivity index (χ4v) is 2.72. The zero-order chi connectivity index (χ0) is 14.8. The van der Waals surface area contributed by atoms with E-state index in [0.29, 0.717) is 6.04 Å². The third-order valence-electron chi connectivity index (χ3n) is 4.06. The molecule has 3 heteroatoms. The SMILES string of the molecule is c1ccc(CN2CC2COc2cnc3ccccc3c2)cc1. The molecule has 2 heterocycles. The van der Waals surface area contributed by atoms with E-state index in [1.165, 1.54) is 5.56 Å². The second kappa shape index (κ2) is 5.78. The summed E-state index contributed by atoms with van der Waals surface area (Å²) in [7, 11) is 0. The van der Waals surface area contributed by atoms with E-state index in [2.05, 4.69) is 52.3 Å². The molecule has 2 aromatic carbocycles. The molecule has 0 saturated carbocycles. The summed E-state index contributed by atoms with van der Waals surface area (Å²) in [5, 5.41) is 1.12. The van der Waals surface area contributed by atoms with Crippen molar-refractivity contribution in [1.29, 1.82) is 0 Å². The van der Waals surface area contributed by atoms with Crippen LogP contribution < -0.4 is 4.74 Å². The van der Waals surface area contributed by atoms with Gasteiger partial charge < -0.3 is 4.74 Å². The second-order valence-corrected chi connectivity index (χ2v) is 5.74. The Labute approximate surface area is 130 Å². The minimum atomic E-state index is 0.520. The molecule has 1 aromatic heterocycles. The molecule has 0 amide bonds. The maximum Gasteiger partial charge on any atom is 0.138 e. The summed E-state index contributed by atoms with van der Waals surface area (Å²) in [6, 6.07) is 21.3. The smallest absolute Gasteiger partial charge is 0.138 e. The van der Waals surface area contributed by atoms with E-state index < -0.39 is 0 Å². The zero-order valence-corrected chi connectivity index (χ0v) is 12.4. The van der Waals surface area contributed by atoms with Gasteiger partial charge in [0, 0.05) is 18.5 Å². The number of nitrogens with zero attached hydrogens (tertiary/aromatic N) is 2. The van der Waals surface area contributed by atoms with Gasteiger partial charge in [-0.15, -0.1) is 0 Å². The molecule has 0 N–H and O–H groups in total. The highest BCUT2D eigenvalue weighted by atomic mass is 16.5. The quantitative estimate of drug-likeness (QED) is 0.672. The highest BCUT2D eigenvalue weighted by molar-refractivity contribution is 5.79. The van der Waals surface area contributed by atoms with Crippen LogP contribution in [0.15, 0.2) is 66.9 Å². The van der Waals surface area contributed by atoms with Gasteiger partial charge in [-0.05, 0) is 17.7 Å². The fourth-order valence-electron chi connectivity index (χ4n) is 2.72. The molecule has 3 nitrogen and oxygen atoms in total. The maximum absolute atomic E-state index is 5.90. The lowest BCUT2D eigenvalue weighted by atomic mass is 10.2. The summed E-state index contributed by atoms with van der Waals surface area (Å²) in [6.45, 7) is 2.84. The lowest BCUT2D eigenvalue weighted by Crippen LogP contribution is -2.11. The first-order chi connectivity index (χ1) is 10.9. The van der Waals surface area contributed by atoms with Crippen LogP contribution in [0.5, 0.6) is 5.75 Å². The van der Waals surface area contributed by atoms with E-state index in [1.54, 1.807) is 0 Å². The van der Waals surface area contributed by atoms with E-state index in [-0.39, 0.29) is 0 Å². The Morgan fingerprint density at radius 3 is 2.77 bits per heavy atom. The topological polar surface area (TPSA) is 25.1 Å². The van der Waals surface area contributed by atoms with Crippen LogP contribution >= 0.6 is 0 Å². The number of ether oxygens (including phenoxy) is 1. The van der Waals surface area contributed by atoms with Gasteiger partial charge in [-0.25, -0.2) is 0 Å². The van der Waals surface area contributed by atoms with Crippen LogP contribution in [0.25, 0.3) is 10.9 Å². The summed E-state index contributed by atoms with van der Waals surface area (Å²) in [4.78, 5) is 6.85. The number of para-hydroxylation sites is 1. The van der Waals surface area contributed by atoms with Crippen molar-refractivity contribution in [3.8, 4) is 5.75 Å². The number of hydrogen-bond donors (Lipinski definition) is 0. The zero-order valence-electron chi connectivity index (χ0n) is 12.4. The van der Waals surface area contributed by atoms with Gasteiger partial charge in [0.25, 0.3) is 0 Å². The van der Waals surface area contributed by atoms with Crippen molar-refractivity contribution < 1.29 is 4.74 Å². The average molecular weight is 290 g/mol. The molecule has 1 aliphatic heterocycles.